The van der Waals surface area contributed by atoms with E-state index >= 15 is 0 Å². The molecule has 1 heterocycles. The Bertz CT molecular complexity index is 789. The highest BCUT2D eigenvalue weighted by Gasteiger charge is 2.30. The second kappa shape index (κ2) is 6.97. The number of amides is 1. The second-order valence-corrected chi connectivity index (χ2v) is 6.35. The molecular weight excluding hydrogens is 316 g/mol. The van der Waals surface area contributed by atoms with Gasteiger partial charge in [-0.3, -0.25) is 9.59 Å². The molecule has 130 valence electrons. The lowest BCUT2D eigenvalue weighted by Crippen LogP contribution is -2.48. The molecule has 2 aromatic carbocycles. The lowest BCUT2D eigenvalue weighted by molar-refractivity contribution is -0.117. The van der Waals surface area contributed by atoms with Gasteiger partial charge in [0.25, 0.3) is 0 Å². The summed E-state index contributed by atoms with van der Waals surface area (Å²) in [4.78, 5) is 26.4. The Labute approximate surface area is 147 Å². The maximum Gasteiger partial charge on any atom is 0.246 e. The maximum absolute atomic E-state index is 12.7. The van der Waals surface area contributed by atoms with Crippen LogP contribution in [0.3, 0.4) is 0 Å². The first-order valence-electron chi connectivity index (χ1n) is 8.40. The van der Waals surface area contributed by atoms with Gasteiger partial charge < -0.3 is 15.0 Å². The summed E-state index contributed by atoms with van der Waals surface area (Å²) in [6.45, 7) is 5.94. The van der Waals surface area contributed by atoms with Crippen LogP contribution in [0.4, 0.5) is 11.4 Å². The van der Waals surface area contributed by atoms with Gasteiger partial charge in [-0.1, -0.05) is 18.2 Å². The van der Waals surface area contributed by atoms with Crippen molar-refractivity contribution < 1.29 is 14.3 Å². The monoisotopic (exact) mass is 338 g/mol. The van der Waals surface area contributed by atoms with Crippen molar-refractivity contribution in [2.24, 2.45) is 0 Å². The fourth-order valence-corrected chi connectivity index (χ4v) is 2.97. The van der Waals surface area contributed by atoms with E-state index in [1.54, 1.807) is 18.2 Å². The Morgan fingerprint density at radius 1 is 1.20 bits per heavy atom. The predicted molar refractivity (Wildman–Crippen MR) is 98.4 cm³/mol. The zero-order valence-corrected chi connectivity index (χ0v) is 14.7. The molecule has 3 rings (SSSR count). The standard InChI is InChI=1S/C20H22N2O3/c1-13-12-22(14(2)20(24)21-17-7-5-4-6-8-17)18-11-16(15(3)23)9-10-19(18)25-13/h4-11,13-14H,12H2,1-3H3,(H,21,24). The lowest BCUT2D eigenvalue weighted by Gasteiger charge is -2.38. The van der Waals surface area contributed by atoms with Crippen LogP contribution in [-0.4, -0.2) is 30.4 Å². The third-order valence-electron chi connectivity index (χ3n) is 4.35. The van der Waals surface area contributed by atoms with Gasteiger partial charge >= 0.3 is 0 Å². The third-order valence-corrected chi connectivity index (χ3v) is 4.35. The van der Waals surface area contributed by atoms with Crippen LogP contribution in [0.5, 0.6) is 5.75 Å². The minimum absolute atomic E-state index is 0.0113. The molecule has 0 fully saturated rings. The molecule has 1 N–H and O–H groups in total. The summed E-state index contributed by atoms with van der Waals surface area (Å²) in [6, 6.07) is 14.3. The number of carbonyl (C=O) groups excluding carboxylic acids is 2. The fraction of sp³-hybridized carbons (Fsp3) is 0.300. The number of Topliss-reactive ketones (excluding diaryl/α,β-unsaturated/α-hetero) is 1. The SMILES string of the molecule is CC(=O)c1ccc2c(c1)N(C(C)C(=O)Nc1ccccc1)CC(C)O2. The number of para-hydroxylation sites is 1. The number of hydrogen-bond acceptors (Lipinski definition) is 4. The maximum atomic E-state index is 12.7. The fourth-order valence-electron chi connectivity index (χ4n) is 2.97. The first-order chi connectivity index (χ1) is 12.0. The molecule has 2 unspecified atom stereocenters. The number of hydrogen-bond donors (Lipinski definition) is 1. The van der Waals surface area contributed by atoms with Crippen LogP contribution in [-0.2, 0) is 4.79 Å². The third kappa shape index (κ3) is 3.65. The highest BCUT2D eigenvalue weighted by molar-refractivity contribution is 5.98. The molecule has 0 saturated heterocycles. The molecule has 2 aromatic rings. The average molecular weight is 338 g/mol. The van der Waals surface area contributed by atoms with Gasteiger partial charge in [-0.05, 0) is 51.1 Å². The molecule has 1 aliphatic rings. The number of nitrogens with zero attached hydrogens (tertiary/aromatic N) is 1. The zero-order chi connectivity index (χ0) is 18.0. The van der Waals surface area contributed by atoms with Gasteiger partial charge in [0.05, 0.1) is 12.2 Å². The van der Waals surface area contributed by atoms with E-state index in [0.717, 1.165) is 11.4 Å². The van der Waals surface area contributed by atoms with E-state index in [0.29, 0.717) is 17.9 Å². The van der Waals surface area contributed by atoms with Crippen molar-refractivity contribution in [3.63, 3.8) is 0 Å². The largest absolute Gasteiger partial charge is 0.487 e. The number of ketones is 1. The number of anilines is 2. The summed E-state index contributed by atoms with van der Waals surface area (Å²) < 4.78 is 5.86. The van der Waals surface area contributed by atoms with Gasteiger partial charge in [0.15, 0.2) is 5.78 Å². The number of benzene rings is 2. The lowest BCUT2D eigenvalue weighted by atomic mass is 10.1. The van der Waals surface area contributed by atoms with Gasteiger partial charge in [0, 0.05) is 11.3 Å². The Hall–Kier alpha value is -2.82. The summed E-state index contributed by atoms with van der Waals surface area (Å²) in [5.41, 5.74) is 2.15. The number of fused-ring (bicyclic) bond motifs is 1. The smallest absolute Gasteiger partial charge is 0.246 e. The molecule has 25 heavy (non-hydrogen) atoms. The van der Waals surface area contributed by atoms with Gasteiger partial charge in [0.2, 0.25) is 5.91 Å². The first-order valence-corrected chi connectivity index (χ1v) is 8.40. The van der Waals surface area contributed by atoms with E-state index in [1.165, 1.54) is 6.92 Å². The molecule has 1 amide bonds. The predicted octanol–water partition coefficient (Wildman–Crippen LogP) is 3.50. The molecule has 0 aliphatic carbocycles. The van der Waals surface area contributed by atoms with Gasteiger partial charge in [0.1, 0.15) is 17.9 Å². The van der Waals surface area contributed by atoms with Gasteiger partial charge in [-0.15, -0.1) is 0 Å². The van der Waals surface area contributed by atoms with Crippen molar-refractivity contribution in [3.8, 4) is 5.75 Å². The average Bonchev–Trinajstić information content (AvgIpc) is 2.60. The minimum atomic E-state index is -0.396. The number of rotatable bonds is 4. The molecule has 0 aromatic heterocycles. The molecule has 5 heteroatoms. The highest BCUT2D eigenvalue weighted by atomic mass is 16.5. The molecule has 0 saturated carbocycles. The van der Waals surface area contributed by atoms with Crippen molar-refractivity contribution in [2.45, 2.75) is 32.9 Å². The minimum Gasteiger partial charge on any atom is -0.487 e. The first kappa shape index (κ1) is 17.0. The topological polar surface area (TPSA) is 58.6 Å². The quantitative estimate of drug-likeness (QED) is 0.867. The van der Waals surface area contributed by atoms with Crippen LogP contribution in [0.25, 0.3) is 0 Å². The molecule has 0 bridgehead atoms. The van der Waals surface area contributed by atoms with Crippen molar-refractivity contribution in [2.75, 3.05) is 16.8 Å². The van der Waals surface area contributed by atoms with Crippen LogP contribution in [0, 0.1) is 0 Å². The van der Waals surface area contributed by atoms with E-state index in [4.69, 9.17) is 4.74 Å². The van der Waals surface area contributed by atoms with E-state index in [-0.39, 0.29) is 17.8 Å². The Kier molecular flexibility index (Phi) is 4.74. The van der Waals surface area contributed by atoms with Crippen LogP contribution >= 0.6 is 0 Å². The van der Waals surface area contributed by atoms with Gasteiger partial charge in [-0.2, -0.15) is 0 Å². The van der Waals surface area contributed by atoms with E-state index in [9.17, 15) is 9.59 Å². The molecule has 5 nitrogen and oxygen atoms in total. The normalized spacial score (nSPS) is 17.2. The van der Waals surface area contributed by atoms with Gasteiger partial charge in [-0.25, -0.2) is 0 Å². The summed E-state index contributed by atoms with van der Waals surface area (Å²) in [7, 11) is 0. The van der Waals surface area contributed by atoms with Crippen LogP contribution < -0.4 is 15.0 Å². The molecule has 0 spiro atoms. The Morgan fingerprint density at radius 2 is 1.92 bits per heavy atom. The summed E-state index contributed by atoms with van der Waals surface area (Å²) >= 11 is 0. The molecule has 0 radical (unpaired) electrons. The number of nitrogens with one attached hydrogen (secondary N) is 1. The Balaban J connectivity index is 1.87. The van der Waals surface area contributed by atoms with Crippen LogP contribution in [0.15, 0.2) is 48.5 Å². The number of carbonyl (C=O) groups is 2. The summed E-state index contributed by atoms with van der Waals surface area (Å²) in [5.74, 6) is 0.588. The second-order valence-electron chi connectivity index (χ2n) is 6.35. The van der Waals surface area contributed by atoms with E-state index < -0.39 is 6.04 Å². The summed E-state index contributed by atoms with van der Waals surface area (Å²) in [6.07, 6.45) is -0.0392. The van der Waals surface area contributed by atoms with Crippen molar-refractivity contribution in [3.05, 3.63) is 54.1 Å². The van der Waals surface area contributed by atoms with E-state index in [2.05, 4.69) is 5.32 Å². The molecule has 2 atom stereocenters. The van der Waals surface area contributed by atoms with Crippen LogP contribution in [0.2, 0.25) is 0 Å². The van der Waals surface area contributed by atoms with Crippen molar-refractivity contribution in [1.82, 2.24) is 0 Å². The molecule has 1 aliphatic heterocycles. The van der Waals surface area contributed by atoms with Crippen molar-refractivity contribution >= 4 is 23.1 Å². The van der Waals surface area contributed by atoms with E-state index in [1.807, 2.05) is 49.1 Å². The highest BCUT2D eigenvalue weighted by Crippen LogP contribution is 2.35. The number of ether oxygens (including phenoxy) is 1. The Morgan fingerprint density at radius 3 is 2.60 bits per heavy atom. The van der Waals surface area contributed by atoms with Crippen LogP contribution in [0.1, 0.15) is 31.1 Å². The van der Waals surface area contributed by atoms with Crippen molar-refractivity contribution in [1.29, 1.82) is 0 Å². The molecular formula is C20H22N2O3. The summed E-state index contributed by atoms with van der Waals surface area (Å²) in [5, 5.41) is 2.93. The zero-order valence-electron chi connectivity index (χ0n) is 14.7.